The number of carbonyl (C=O) groups is 2. The molecule has 4 heteroatoms. The fourth-order valence-corrected chi connectivity index (χ4v) is 3.64. The molecule has 4 nitrogen and oxygen atoms in total. The van der Waals surface area contributed by atoms with E-state index in [-0.39, 0.29) is 5.91 Å². The van der Waals surface area contributed by atoms with Gasteiger partial charge >= 0.3 is 5.97 Å². The zero-order valence-corrected chi connectivity index (χ0v) is 18.5. The maximum absolute atomic E-state index is 13.4. The summed E-state index contributed by atoms with van der Waals surface area (Å²) in [5, 5.41) is 0. The number of nitrogens with zero attached hydrogens (tertiary/aromatic N) is 1. The second-order valence-electron chi connectivity index (χ2n) is 8.22. The molecule has 2 aromatic carbocycles. The fraction of sp³-hybridized carbons (Fsp3) is 0.308. The standard InChI is InChI=1S/C26H29NO3/c1-16(2)20-9-7-19(8-10-20)15-23-24(26(29)30-6)18(5)27(25(23)28)22-13-11-21(12-14-22)17(3)4/h7-17H,1-6H3/b23-15-. The van der Waals surface area contributed by atoms with Gasteiger partial charge in [0.05, 0.1) is 18.3 Å². The van der Waals surface area contributed by atoms with Crippen LogP contribution in [0.1, 0.15) is 63.1 Å². The topological polar surface area (TPSA) is 46.6 Å². The van der Waals surface area contributed by atoms with Crippen molar-refractivity contribution < 1.29 is 14.3 Å². The molecule has 0 saturated heterocycles. The van der Waals surface area contributed by atoms with Crippen molar-refractivity contribution in [3.05, 3.63) is 82.1 Å². The molecule has 0 radical (unpaired) electrons. The lowest BCUT2D eigenvalue weighted by Crippen LogP contribution is -2.24. The van der Waals surface area contributed by atoms with Gasteiger partial charge in [-0.05, 0) is 53.7 Å². The Kier molecular flexibility index (Phi) is 6.25. The van der Waals surface area contributed by atoms with Gasteiger partial charge in [0.25, 0.3) is 5.91 Å². The van der Waals surface area contributed by atoms with Crippen LogP contribution in [-0.4, -0.2) is 19.0 Å². The molecule has 1 amide bonds. The van der Waals surface area contributed by atoms with Crippen LogP contribution in [0.4, 0.5) is 5.69 Å². The van der Waals surface area contributed by atoms with Gasteiger partial charge in [0.15, 0.2) is 0 Å². The zero-order valence-electron chi connectivity index (χ0n) is 18.5. The van der Waals surface area contributed by atoms with Gasteiger partial charge in [0.2, 0.25) is 0 Å². The summed E-state index contributed by atoms with van der Waals surface area (Å²) >= 11 is 0. The summed E-state index contributed by atoms with van der Waals surface area (Å²) in [5.74, 6) is 0.0992. The Morgan fingerprint density at radius 3 is 1.87 bits per heavy atom. The highest BCUT2D eigenvalue weighted by molar-refractivity contribution is 6.23. The van der Waals surface area contributed by atoms with Crippen LogP contribution in [0.15, 0.2) is 65.4 Å². The molecule has 1 aliphatic heterocycles. The molecule has 0 atom stereocenters. The molecule has 30 heavy (non-hydrogen) atoms. The van der Waals surface area contributed by atoms with Crippen molar-refractivity contribution in [2.24, 2.45) is 0 Å². The van der Waals surface area contributed by atoms with Crippen LogP contribution in [0.25, 0.3) is 6.08 Å². The number of benzene rings is 2. The third kappa shape index (κ3) is 4.09. The van der Waals surface area contributed by atoms with Crippen LogP contribution in [0.3, 0.4) is 0 Å². The fourth-order valence-electron chi connectivity index (χ4n) is 3.64. The summed E-state index contributed by atoms with van der Waals surface area (Å²) in [6.07, 6.45) is 1.77. The van der Waals surface area contributed by atoms with Crippen LogP contribution in [0, 0.1) is 0 Å². The first-order valence-electron chi connectivity index (χ1n) is 10.3. The van der Waals surface area contributed by atoms with E-state index in [2.05, 4.69) is 27.7 Å². The smallest absolute Gasteiger partial charge is 0.340 e. The molecular weight excluding hydrogens is 374 g/mol. The van der Waals surface area contributed by atoms with E-state index in [9.17, 15) is 9.59 Å². The maximum Gasteiger partial charge on any atom is 0.340 e. The van der Waals surface area contributed by atoms with E-state index >= 15 is 0 Å². The number of ether oxygens (including phenoxy) is 1. The zero-order chi connectivity index (χ0) is 22.0. The Balaban J connectivity index is 2.05. The molecule has 0 bridgehead atoms. The Hall–Kier alpha value is -3.14. The second-order valence-corrected chi connectivity index (χ2v) is 8.22. The van der Waals surface area contributed by atoms with Gasteiger partial charge in [0.1, 0.15) is 0 Å². The number of methoxy groups -OCH3 is 1. The van der Waals surface area contributed by atoms with Crippen LogP contribution < -0.4 is 4.90 Å². The molecule has 0 unspecified atom stereocenters. The first-order valence-corrected chi connectivity index (χ1v) is 10.3. The highest BCUT2D eigenvalue weighted by Crippen LogP contribution is 2.36. The number of hydrogen-bond acceptors (Lipinski definition) is 3. The van der Waals surface area contributed by atoms with Crippen molar-refractivity contribution in [3.63, 3.8) is 0 Å². The van der Waals surface area contributed by atoms with Gasteiger partial charge < -0.3 is 4.74 Å². The van der Waals surface area contributed by atoms with Gasteiger partial charge in [-0.3, -0.25) is 9.69 Å². The van der Waals surface area contributed by atoms with E-state index in [1.807, 2.05) is 48.5 Å². The summed E-state index contributed by atoms with van der Waals surface area (Å²) in [4.78, 5) is 27.5. The molecule has 1 aliphatic rings. The third-order valence-corrected chi connectivity index (χ3v) is 5.52. The van der Waals surface area contributed by atoms with Crippen molar-refractivity contribution in [3.8, 4) is 0 Å². The monoisotopic (exact) mass is 403 g/mol. The van der Waals surface area contributed by atoms with E-state index in [4.69, 9.17) is 4.74 Å². The predicted molar refractivity (Wildman–Crippen MR) is 121 cm³/mol. The Morgan fingerprint density at radius 1 is 0.900 bits per heavy atom. The average Bonchev–Trinajstić information content (AvgIpc) is 2.97. The molecule has 1 heterocycles. The average molecular weight is 404 g/mol. The molecule has 0 saturated carbocycles. The minimum atomic E-state index is -0.507. The van der Waals surface area contributed by atoms with E-state index < -0.39 is 5.97 Å². The first kappa shape index (κ1) is 21.6. The molecule has 0 aromatic heterocycles. The largest absolute Gasteiger partial charge is 0.465 e. The summed E-state index contributed by atoms with van der Waals surface area (Å²) in [5.41, 5.74) is 5.26. The van der Waals surface area contributed by atoms with Crippen molar-refractivity contribution in [1.29, 1.82) is 0 Å². The van der Waals surface area contributed by atoms with E-state index in [1.165, 1.54) is 18.2 Å². The Morgan fingerprint density at radius 2 is 1.40 bits per heavy atom. The van der Waals surface area contributed by atoms with Gasteiger partial charge in [-0.1, -0.05) is 64.1 Å². The molecular formula is C26H29NO3. The van der Waals surface area contributed by atoms with Gasteiger partial charge in [-0.25, -0.2) is 4.79 Å². The van der Waals surface area contributed by atoms with Crippen molar-refractivity contribution in [2.45, 2.75) is 46.5 Å². The second kappa shape index (κ2) is 8.70. The SMILES string of the molecule is COC(=O)C1=C(C)N(c2ccc(C(C)C)cc2)C(=O)/C1=C\c1ccc(C(C)C)cc1. The molecule has 3 rings (SSSR count). The van der Waals surface area contributed by atoms with Crippen molar-refractivity contribution in [1.82, 2.24) is 0 Å². The predicted octanol–water partition coefficient (Wildman–Crippen LogP) is 5.81. The molecule has 156 valence electrons. The lowest BCUT2D eigenvalue weighted by Gasteiger charge is -2.19. The molecule has 0 N–H and O–H groups in total. The first-order chi connectivity index (χ1) is 14.2. The summed E-state index contributed by atoms with van der Waals surface area (Å²) in [7, 11) is 1.34. The quantitative estimate of drug-likeness (QED) is 0.467. The lowest BCUT2D eigenvalue weighted by molar-refractivity contribution is -0.136. The molecule has 0 fully saturated rings. The number of amides is 1. The Bertz CT molecular complexity index is 1010. The van der Waals surface area contributed by atoms with Crippen LogP contribution >= 0.6 is 0 Å². The van der Waals surface area contributed by atoms with E-state index in [0.29, 0.717) is 28.7 Å². The van der Waals surface area contributed by atoms with Crippen LogP contribution in [0.5, 0.6) is 0 Å². The van der Waals surface area contributed by atoms with Crippen molar-refractivity contribution in [2.75, 3.05) is 12.0 Å². The third-order valence-electron chi connectivity index (χ3n) is 5.52. The summed E-state index contributed by atoms with van der Waals surface area (Å²) in [6.45, 7) is 10.3. The highest BCUT2D eigenvalue weighted by Gasteiger charge is 2.37. The van der Waals surface area contributed by atoms with Crippen molar-refractivity contribution >= 4 is 23.6 Å². The number of rotatable bonds is 5. The van der Waals surface area contributed by atoms with Gasteiger partial charge in [-0.15, -0.1) is 0 Å². The number of anilines is 1. The highest BCUT2D eigenvalue weighted by atomic mass is 16.5. The number of carbonyl (C=O) groups excluding carboxylic acids is 2. The van der Waals surface area contributed by atoms with E-state index in [0.717, 1.165) is 11.3 Å². The molecule has 2 aromatic rings. The maximum atomic E-state index is 13.4. The Labute approximate surface area is 178 Å². The molecule has 0 spiro atoms. The molecule has 0 aliphatic carbocycles. The number of allylic oxidation sites excluding steroid dienone is 1. The van der Waals surface area contributed by atoms with Gasteiger partial charge in [-0.2, -0.15) is 0 Å². The lowest BCUT2D eigenvalue weighted by atomic mass is 9.99. The number of hydrogen-bond donors (Lipinski definition) is 0. The van der Waals surface area contributed by atoms with E-state index in [1.54, 1.807) is 17.9 Å². The number of esters is 1. The minimum Gasteiger partial charge on any atom is -0.465 e. The minimum absolute atomic E-state index is 0.224. The van der Waals surface area contributed by atoms with Gasteiger partial charge in [0, 0.05) is 11.4 Å². The summed E-state index contributed by atoms with van der Waals surface area (Å²) in [6, 6.07) is 15.9. The van der Waals surface area contributed by atoms with Crippen LogP contribution in [0.2, 0.25) is 0 Å². The van der Waals surface area contributed by atoms with Crippen LogP contribution in [-0.2, 0) is 14.3 Å². The summed E-state index contributed by atoms with van der Waals surface area (Å²) < 4.78 is 4.99. The normalized spacial score (nSPS) is 15.7.